The number of hydrogen-bond acceptors (Lipinski definition) is 4. The normalized spacial score (nSPS) is 15.3. The van der Waals surface area contributed by atoms with Crippen LogP contribution in [0.25, 0.3) is 0 Å². The van der Waals surface area contributed by atoms with Gasteiger partial charge in [0.25, 0.3) is 15.9 Å². The van der Waals surface area contributed by atoms with Crippen LogP contribution >= 0.6 is 0 Å². The van der Waals surface area contributed by atoms with Crippen molar-refractivity contribution < 1.29 is 13.2 Å². The van der Waals surface area contributed by atoms with Gasteiger partial charge in [0.2, 0.25) is 0 Å². The van der Waals surface area contributed by atoms with Crippen molar-refractivity contribution in [2.75, 3.05) is 43.6 Å². The summed E-state index contributed by atoms with van der Waals surface area (Å²) in [7, 11) is -3.68. The molecule has 7 heteroatoms. The van der Waals surface area contributed by atoms with Crippen LogP contribution in [-0.2, 0) is 10.0 Å². The van der Waals surface area contributed by atoms with Gasteiger partial charge in [0.1, 0.15) is 0 Å². The molecule has 1 fully saturated rings. The fourth-order valence-electron chi connectivity index (χ4n) is 3.66. The molecule has 0 atom stereocenters. The molecule has 1 saturated heterocycles. The van der Waals surface area contributed by atoms with Gasteiger partial charge in [-0.05, 0) is 56.3 Å². The number of benzene rings is 2. The van der Waals surface area contributed by atoms with E-state index in [4.69, 9.17) is 0 Å². The van der Waals surface area contributed by atoms with Crippen LogP contribution in [0.2, 0.25) is 0 Å². The minimum absolute atomic E-state index is 0.0412. The third-order valence-electron chi connectivity index (χ3n) is 5.22. The second-order valence-corrected chi connectivity index (χ2v) is 9.03. The predicted molar refractivity (Wildman–Crippen MR) is 116 cm³/mol. The Morgan fingerprint density at radius 3 is 2.10 bits per heavy atom. The summed E-state index contributed by atoms with van der Waals surface area (Å²) in [5.41, 5.74) is 1.15. The Bertz CT molecular complexity index is 906. The highest BCUT2D eigenvalue weighted by molar-refractivity contribution is 7.92. The van der Waals surface area contributed by atoms with Crippen molar-refractivity contribution in [2.45, 2.75) is 25.2 Å². The summed E-state index contributed by atoms with van der Waals surface area (Å²) in [6.45, 7) is 8.53. The summed E-state index contributed by atoms with van der Waals surface area (Å²) in [4.78, 5) is 17.2. The molecule has 0 saturated carbocycles. The van der Waals surface area contributed by atoms with Gasteiger partial charge in [-0.3, -0.25) is 14.0 Å². The molecule has 3 rings (SSSR count). The lowest BCUT2D eigenvalue weighted by Gasteiger charge is -2.34. The average molecular weight is 416 g/mol. The van der Waals surface area contributed by atoms with Crippen LogP contribution in [0.1, 0.15) is 30.6 Å². The fourth-order valence-corrected chi connectivity index (χ4v) is 5.13. The number of anilines is 1. The van der Waals surface area contributed by atoms with E-state index in [9.17, 15) is 13.2 Å². The predicted octanol–water partition coefficient (Wildman–Crippen LogP) is 3.07. The van der Waals surface area contributed by atoms with Crippen molar-refractivity contribution in [1.82, 2.24) is 9.80 Å². The Morgan fingerprint density at radius 1 is 0.931 bits per heavy atom. The molecule has 156 valence electrons. The molecular formula is C22H29N3O3S. The molecule has 29 heavy (non-hydrogen) atoms. The number of rotatable bonds is 7. The van der Waals surface area contributed by atoms with Gasteiger partial charge < -0.3 is 4.90 Å². The van der Waals surface area contributed by atoms with Crippen LogP contribution in [0, 0.1) is 0 Å². The molecule has 1 heterocycles. The molecule has 0 radical (unpaired) electrons. The molecule has 2 aromatic carbocycles. The Hall–Kier alpha value is -2.38. The number of piperazine rings is 1. The summed E-state index contributed by atoms with van der Waals surface area (Å²) in [5.74, 6) is -0.0412. The first-order valence-electron chi connectivity index (χ1n) is 10.2. The Labute approximate surface area is 173 Å². The third-order valence-corrected chi connectivity index (χ3v) is 7.14. The van der Waals surface area contributed by atoms with Gasteiger partial charge in [-0.25, -0.2) is 8.42 Å². The Morgan fingerprint density at radius 2 is 1.55 bits per heavy atom. The molecule has 0 bridgehead atoms. The van der Waals surface area contributed by atoms with Crippen LogP contribution < -0.4 is 4.31 Å². The minimum atomic E-state index is -3.68. The van der Waals surface area contributed by atoms with Gasteiger partial charge in [-0.1, -0.05) is 25.1 Å². The first-order valence-corrected chi connectivity index (χ1v) is 11.6. The average Bonchev–Trinajstić information content (AvgIpc) is 2.75. The van der Waals surface area contributed by atoms with E-state index < -0.39 is 10.0 Å². The van der Waals surface area contributed by atoms with Crippen LogP contribution in [0.4, 0.5) is 5.69 Å². The lowest BCUT2D eigenvalue weighted by atomic mass is 10.2. The minimum Gasteiger partial charge on any atom is -0.336 e. The number of para-hydroxylation sites is 1. The molecule has 1 amide bonds. The molecule has 1 aliphatic rings. The van der Waals surface area contributed by atoms with Crippen molar-refractivity contribution in [2.24, 2.45) is 0 Å². The Kier molecular flexibility index (Phi) is 6.92. The molecule has 0 unspecified atom stereocenters. The summed E-state index contributed by atoms with van der Waals surface area (Å²) in [6, 6.07) is 15.3. The van der Waals surface area contributed by atoms with E-state index >= 15 is 0 Å². The molecule has 2 aromatic rings. The van der Waals surface area contributed by atoms with Crippen molar-refractivity contribution in [3.05, 3.63) is 60.2 Å². The second kappa shape index (κ2) is 9.41. The summed E-state index contributed by atoms with van der Waals surface area (Å²) in [5, 5.41) is 0. The van der Waals surface area contributed by atoms with Crippen molar-refractivity contribution in [1.29, 1.82) is 0 Å². The van der Waals surface area contributed by atoms with E-state index in [0.717, 1.165) is 26.1 Å². The van der Waals surface area contributed by atoms with Crippen molar-refractivity contribution >= 4 is 21.6 Å². The number of carbonyl (C=O) groups is 1. The van der Waals surface area contributed by atoms with E-state index in [2.05, 4.69) is 11.8 Å². The second-order valence-electron chi connectivity index (χ2n) is 7.16. The Balaban J connectivity index is 1.73. The zero-order valence-electron chi connectivity index (χ0n) is 17.1. The smallest absolute Gasteiger partial charge is 0.264 e. The van der Waals surface area contributed by atoms with Crippen LogP contribution in [0.3, 0.4) is 0 Å². The number of hydrogen-bond donors (Lipinski definition) is 0. The van der Waals surface area contributed by atoms with Gasteiger partial charge in [0.05, 0.1) is 10.6 Å². The monoisotopic (exact) mass is 415 g/mol. The molecule has 1 aliphatic heterocycles. The highest BCUT2D eigenvalue weighted by Crippen LogP contribution is 2.23. The SMILES string of the molecule is CCCN1CCN(C(=O)c2ccc(S(=O)(=O)N(CC)c3ccccc3)cc2)CC1. The van der Waals surface area contributed by atoms with Gasteiger partial charge in [0, 0.05) is 38.3 Å². The number of amides is 1. The van der Waals surface area contributed by atoms with Gasteiger partial charge in [0.15, 0.2) is 0 Å². The summed E-state index contributed by atoms with van der Waals surface area (Å²) >= 11 is 0. The first-order chi connectivity index (χ1) is 14.0. The van der Waals surface area contributed by atoms with E-state index in [1.54, 1.807) is 31.2 Å². The molecule has 0 N–H and O–H groups in total. The zero-order chi connectivity index (χ0) is 20.9. The van der Waals surface area contributed by atoms with Gasteiger partial charge >= 0.3 is 0 Å². The maximum absolute atomic E-state index is 13.1. The summed E-state index contributed by atoms with van der Waals surface area (Å²) in [6.07, 6.45) is 1.11. The number of carbonyl (C=O) groups excluding carboxylic acids is 1. The maximum atomic E-state index is 13.1. The molecule has 0 aliphatic carbocycles. The molecular weight excluding hydrogens is 386 g/mol. The van der Waals surface area contributed by atoms with Gasteiger partial charge in [-0.2, -0.15) is 0 Å². The van der Waals surface area contributed by atoms with E-state index in [0.29, 0.717) is 30.9 Å². The van der Waals surface area contributed by atoms with E-state index in [1.165, 1.54) is 16.4 Å². The molecule has 0 aromatic heterocycles. The quantitative estimate of drug-likeness (QED) is 0.697. The highest BCUT2D eigenvalue weighted by atomic mass is 32.2. The van der Waals surface area contributed by atoms with Crippen LogP contribution in [0.15, 0.2) is 59.5 Å². The summed E-state index contributed by atoms with van der Waals surface area (Å²) < 4.78 is 27.5. The van der Waals surface area contributed by atoms with Gasteiger partial charge in [-0.15, -0.1) is 0 Å². The largest absolute Gasteiger partial charge is 0.336 e. The molecule has 6 nitrogen and oxygen atoms in total. The van der Waals surface area contributed by atoms with Crippen LogP contribution in [0.5, 0.6) is 0 Å². The van der Waals surface area contributed by atoms with Crippen LogP contribution in [-0.4, -0.2) is 63.4 Å². The number of sulfonamides is 1. The third kappa shape index (κ3) is 4.79. The van der Waals surface area contributed by atoms with Crippen molar-refractivity contribution in [3.8, 4) is 0 Å². The van der Waals surface area contributed by atoms with E-state index in [-0.39, 0.29) is 10.8 Å². The lowest BCUT2D eigenvalue weighted by Crippen LogP contribution is -2.48. The number of nitrogens with zero attached hydrogens (tertiary/aromatic N) is 3. The van der Waals surface area contributed by atoms with E-state index in [1.807, 2.05) is 23.1 Å². The lowest BCUT2D eigenvalue weighted by molar-refractivity contribution is 0.0637. The molecule has 0 spiro atoms. The topological polar surface area (TPSA) is 60.9 Å². The van der Waals surface area contributed by atoms with Crippen molar-refractivity contribution in [3.63, 3.8) is 0 Å². The standard InChI is InChI=1S/C22H29N3O3S/c1-3-14-23-15-17-24(18-16-23)22(26)19-10-12-21(13-11-19)29(27,28)25(4-2)20-8-6-5-7-9-20/h5-13H,3-4,14-18H2,1-2H3. The zero-order valence-corrected chi connectivity index (χ0v) is 17.9. The maximum Gasteiger partial charge on any atom is 0.264 e. The highest BCUT2D eigenvalue weighted by Gasteiger charge is 2.25. The first kappa shape index (κ1) is 21.3. The fraction of sp³-hybridized carbons (Fsp3) is 0.409.